The van der Waals surface area contributed by atoms with Gasteiger partial charge in [0, 0.05) is 18.7 Å². The molecule has 0 radical (unpaired) electrons. The molecule has 1 heterocycles. The molecule has 7 nitrogen and oxygen atoms in total. The fourth-order valence-electron chi connectivity index (χ4n) is 2.91. The molecule has 0 saturated heterocycles. The Morgan fingerprint density at radius 2 is 1.78 bits per heavy atom. The third kappa shape index (κ3) is 9.83. The fraction of sp³-hybridized carbons (Fsp3) is 0.440. The molecule has 2 rings (SSSR count). The Bertz CT molecular complexity index is 840. The summed E-state index contributed by atoms with van der Waals surface area (Å²) in [5, 5.41) is 11.4. The van der Waals surface area contributed by atoms with Crippen LogP contribution in [0.4, 0.5) is 10.5 Å². The van der Waals surface area contributed by atoms with Crippen LogP contribution in [-0.2, 0) is 15.9 Å². The standard InChI is InChI=1S/C25H33NO6/c1-2-3-18-30-24(28)20-11-13-21(14-12-20)26-25(29)31-19-8-10-23-16-15-22(32-23)9-6-4-5-7-17-27/h8,10-16,27H,2-7,9,17-19H2,1H3,(H,26,29). The number of esters is 1. The van der Waals surface area contributed by atoms with Crippen LogP contribution >= 0.6 is 0 Å². The first kappa shape index (κ1) is 25.2. The van der Waals surface area contributed by atoms with E-state index in [0.717, 1.165) is 50.7 Å². The fourth-order valence-corrected chi connectivity index (χ4v) is 2.91. The van der Waals surface area contributed by atoms with Crippen LogP contribution < -0.4 is 5.32 Å². The molecule has 0 atom stereocenters. The summed E-state index contributed by atoms with van der Waals surface area (Å²) in [7, 11) is 0. The number of unbranched alkanes of at least 4 members (excludes halogenated alkanes) is 4. The molecular weight excluding hydrogens is 410 g/mol. The lowest BCUT2D eigenvalue weighted by Gasteiger charge is -2.07. The number of nitrogens with one attached hydrogen (secondary N) is 1. The van der Waals surface area contributed by atoms with Crippen LogP contribution in [0.2, 0.25) is 0 Å². The number of benzene rings is 1. The van der Waals surface area contributed by atoms with Gasteiger partial charge in [-0.1, -0.05) is 26.2 Å². The molecule has 1 amide bonds. The maximum absolute atomic E-state index is 11.9. The quantitative estimate of drug-likeness (QED) is 0.292. The van der Waals surface area contributed by atoms with Gasteiger partial charge in [0.15, 0.2) is 0 Å². The predicted molar refractivity (Wildman–Crippen MR) is 124 cm³/mol. The Hall–Kier alpha value is -3.06. The molecule has 2 aromatic rings. The highest BCUT2D eigenvalue weighted by Crippen LogP contribution is 2.14. The Kier molecular flexibility index (Phi) is 11.7. The van der Waals surface area contributed by atoms with Crippen LogP contribution in [0, 0.1) is 0 Å². The average Bonchev–Trinajstić information content (AvgIpc) is 3.25. The van der Waals surface area contributed by atoms with E-state index in [4.69, 9.17) is 19.0 Å². The Labute approximate surface area is 189 Å². The van der Waals surface area contributed by atoms with E-state index in [9.17, 15) is 9.59 Å². The molecule has 7 heteroatoms. The molecule has 1 aromatic carbocycles. The number of anilines is 1. The minimum absolute atomic E-state index is 0.102. The zero-order chi connectivity index (χ0) is 23.0. The summed E-state index contributed by atoms with van der Waals surface area (Å²) in [6, 6.07) is 10.3. The van der Waals surface area contributed by atoms with Gasteiger partial charge < -0.3 is 19.0 Å². The van der Waals surface area contributed by atoms with Crippen molar-refractivity contribution in [2.75, 3.05) is 25.1 Å². The number of aryl methyl sites for hydroxylation is 1. The van der Waals surface area contributed by atoms with E-state index < -0.39 is 6.09 Å². The summed E-state index contributed by atoms with van der Waals surface area (Å²) < 4.78 is 16.0. The van der Waals surface area contributed by atoms with Gasteiger partial charge in [-0.15, -0.1) is 0 Å². The summed E-state index contributed by atoms with van der Waals surface area (Å²) in [4.78, 5) is 23.8. The van der Waals surface area contributed by atoms with Gasteiger partial charge in [0.25, 0.3) is 0 Å². The van der Waals surface area contributed by atoms with Gasteiger partial charge in [0.1, 0.15) is 18.1 Å². The number of carbonyl (C=O) groups is 2. The number of ether oxygens (including phenoxy) is 2. The molecule has 0 saturated carbocycles. The van der Waals surface area contributed by atoms with Gasteiger partial charge in [-0.2, -0.15) is 0 Å². The van der Waals surface area contributed by atoms with Crippen LogP contribution in [0.15, 0.2) is 46.9 Å². The minimum Gasteiger partial charge on any atom is -0.462 e. The van der Waals surface area contributed by atoms with Crippen LogP contribution in [-0.4, -0.2) is 37.0 Å². The predicted octanol–water partition coefficient (Wildman–Crippen LogP) is 5.59. The van der Waals surface area contributed by atoms with Crippen molar-refractivity contribution < 1.29 is 28.6 Å². The number of hydrogen-bond donors (Lipinski definition) is 2. The Balaban J connectivity index is 1.66. The van der Waals surface area contributed by atoms with Crippen LogP contribution in [0.5, 0.6) is 0 Å². The molecule has 2 N–H and O–H groups in total. The molecule has 0 aliphatic heterocycles. The van der Waals surface area contributed by atoms with Gasteiger partial charge in [-0.25, -0.2) is 9.59 Å². The lowest BCUT2D eigenvalue weighted by Crippen LogP contribution is -2.14. The SMILES string of the molecule is CCCCOC(=O)c1ccc(NC(=O)OCC=Cc2ccc(CCCCCCO)o2)cc1. The van der Waals surface area contributed by atoms with Crippen molar-refractivity contribution in [3.05, 3.63) is 59.6 Å². The number of furan rings is 1. The van der Waals surface area contributed by atoms with E-state index in [-0.39, 0.29) is 19.2 Å². The first-order valence-corrected chi connectivity index (χ1v) is 11.2. The number of aliphatic hydroxyl groups is 1. The molecule has 0 fully saturated rings. The van der Waals surface area contributed by atoms with Crippen molar-refractivity contribution in [1.29, 1.82) is 0 Å². The van der Waals surface area contributed by atoms with Crippen molar-refractivity contribution in [2.24, 2.45) is 0 Å². The number of amides is 1. The zero-order valence-electron chi connectivity index (χ0n) is 18.7. The first-order valence-electron chi connectivity index (χ1n) is 11.2. The highest BCUT2D eigenvalue weighted by atomic mass is 16.5. The number of carbonyl (C=O) groups excluding carboxylic acids is 2. The van der Waals surface area contributed by atoms with Crippen molar-refractivity contribution >= 4 is 23.8 Å². The lowest BCUT2D eigenvalue weighted by molar-refractivity contribution is 0.0499. The van der Waals surface area contributed by atoms with Crippen molar-refractivity contribution in [2.45, 2.75) is 51.9 Å². The van der Waals surface area contributed by atoms with E-state index >= 15 is 0 Å². The van der Waals surface area contributed by atoms with E-state index in [1.807, 2.05) is 19.1 Å². The minimum atomic E-state index is -0.587. The molecule has 174 valence electrons. The normalized spacial score (nSPS) is 10.9. The summed E-state index contributed by atoms with van der Waals surface area (Å²) in [6.45, 7) is 2.78. The third-order valence-corrected chi connectivity index (χ3v) is 4.70. The van der Waals surface area contributed by atoms with E-state index in [1.54, 1.807) is 36.4 Å². The van der Waals surface area contributed by atoms with Crippen molar-refractivity contribution in [3.63, 3.8) is 0 Å². The number of rotatable bonds is 14. The number of aliphatic hydroxyl groups excluding tert-OH is 1. The van der Waals surface area contributed by atoms with E-state index in [2.05, 4.69) is 5.32 Å². The summed E-state index contributed by atoms with van der Waals surface area (Å²) >= 11 is 0. The van der Waals surface area contributed by atoms with Gasteiger partial charge in [-0.05, 0) is 67.8 Å². The average molecular weight is 444 g/mol. The van der Waals surface area contributed by atoms with E-state index in [0.29, 0.717) is 23.6 Å². The topological polar surface area (TPSA) is 98.0 Å². The van der Waals surface area contributed by atoms with Gasteiger partial charge in [0.2, 0.25) is 0 Å². The van der Waals surface area contributed by atoms with E-state index in [1.165, 1.54) is 0 Å². The molecule has 0 spiro atoms. The maximum atomic E-state index is 11.9. The lowest BCUT2D eigenvalue weighted by atomic mass is 10.1. The molecular formula is C25H33NO6. The van der Waals surface area contributed by atoms with Crippen LogP contribution in [0.3, 0.4) is 0 Å². The van der Waals surface area contributed by atoms with Crippen molar-refractivity contribution in [3.8, 4) is 0 Å². The molecule has 32 heavy (non-hydrogen) atoms. The van der Waals surface area contributed by atoms with Crippen LogP contribution in [0.1, 0.15) is 67.3 Å². The molecule has 0 aliphatic carbocycles. The zero-order valence-corrected chi connectivity index (χ0v) is 18.7. The second kappa shape index (κ2) is 14.9. The molecule has 0 unspecified atom stereocenters. The largest absolute Gasteiger partial charge is 0.462 e. The first-order chi connectivity index (χ1) is 15.6. The summed E-state index contributed by atoms with van der Waals surface area (Å²) in [5.41, 5.74) is 0.963. The summed E-state index contributed by atoms with van der Waals surface area (Å²) in [5.74, 6) is 1.26. The highest BCUT2D eigenvalue weighted by Gasteiger charge is 2.08. The molecule has 0 bridgehead atoms. The van der Waals surface area contributed by atoms with Gasteiger partial charge in [0.05, 0.1) is 12.2 Å². The number of hydrogen-bond acceptors (Lipinski definition) is 6. The van der Waals surface area contributed by atoms with Crippen molar-refractivity contribution in [1.82, 2.24) is 0 Å². The summed E-state index contributed by atoms with van der Waals surface area (Å²) in [6.07, 6.45) is 9.52. The Morgan fingerprint density at radius 1 is 1.00 bits per heavy atom. The smallest absolute Gasteiger partial charge is 0.411 e. The third-order valence-electron chi connectivity index (χ3n) is 4.70. The Morgan fingerprint density at radius 3 is 2.53 bits per heavy atom. The van der Waals surface area contributed by atoms with Gasteiger partial charge in [-0.3, -0.25) is 5.32 Å². The van der Waals surface area contributed by atoms with Crippen LogP contribution in [0.25, 0.3) is 6.08 Å². The molecule has 1 aromatic heterocycles. The second-order valence-electron chi connectivity index (χ2n) is 7.38. The molecule has 0 aliphatic rings. The second-order valence-corrected chi connectivity index (χ2v) is 7.38. The maximum Gasteiger partial charge on any atom is 0.411 e. The highest BCUT2D eigenvalue weighted by molar-refractivity contribution is 5.91. The van der Waals surface area contributed by atoms with Gasteiger partial charge >= 0.3 is 12.1 Å². The monoisotopic (exact) mass is 443 g/mol.